The molecule has 0 aliphatic rings. The van der Waals surface area contributed by atoms with E-state index in [0.717, 1.165) is 17.0 Å². The first kappa shape index (κ1) is 17.0. The maximum atomic E-state index is 12.3. The molecule has 2 aromatic rings. The molecule has 2 rings (SSSR count). The van der Waals surface area contributed by atoms with Gasteiger partial charge in [0, 0.05) is 12.3 Å². The van der Waals surface area contributed by atoms with Crippen molar-refractivity contribution in [1.82, 2.24) is 4.57 Å². The van der Waals surface area contributed by atoms with Crippen LogP contribution in [0, 0.1) is 0 Å². The van der Waals surface area contributed by atoms with Crippen molar-refractivity contribution in [3.8, 4) is 5.75 Å². The Morgan fingerprint density at radius 2 is 2.14 bits per heavy atom. The smallest absolute Gasteiger partial charge is 0.406 e. The molecular weight excluding hydrogens is 337 g/mol. The van der Waals surface area contributed by atoms with Crippen LogP contribution in [-0.2, 0) is 11.4 Å². The number of benzene rings is 1. The van der Waals surface area contributed by atoms with Gasteiger partial charge >= 0.3 is 6.36 Å². The molecule has 1 aromatic carbocycles. The molecule has 0 unspecified atom stereocenters. The minimum atomic E-state index is -4.70. The van der Waals surface area contributed by atoms with Gasteiger partial charge in [-0.1, -0.05) is 23.4 Å². The van der Waals surface area contributed by atoms with Crippen molar-refractivity contribution in [3.05, 3.63) is 23.0 Å². The Kier molecular flexibility index (Phi) is 5.63. The number of ether oxygens (including phenoxy) is 1. The van der Waals surface area contributed by atoms with E-state index in [-0.39, 0.29) is 5.75 Å². The molecule has 1 heterocycles. The molecule has 22 heavy (non-hydrogen) atoms. The highest BCUT2D eigenvalue weighted by molar-refractivity contribution is 7.99. The molecule has 0 atom stereocenters. The summed E-state index contributed by atoms with van der Waals surface area (Å²) in [6, 6.07) is 4.28. The quantitative estimate of drug-likeness (QED) is 0.586. The zero-order valence-corrected chi connectivity index (χ0v) is 13.6. The summed E-state index contributed by atoms with van der Waals surface area (Å²) in [6.45, 7) is 2.78. The number of rotatable bonds is 6. The van der Waals surface area contributed by atoms with Crippen molar-refractivity contribution >= 4 is 33.3 Å². The molecule has 0 aliphatic carbocycles. The summed E-state index contributed by atoms with van der Waals surface area (Å²) in [4.78, 5) is 5.42. The molecule has 0 amide bonds. The molecule has 1 aromatic heterocycles. The first-order valence-electron chi connectivity index (χ1n) is 6.48. The number of hydrogen-bond acceptors (Lipinski definition) is 5. The zero-order chi connectivity index (χ0) is 16.2. The van der Waals surface area contributed by atoms with E-state index in [2.05, 4.69) is 16.8 Å². The number of aryl methyl sites for hydroxylation is 1. The van der Waals surface area contributed by atoms with Gasteiger partial charge in [-0.15, -0.1) is 13.2 Å². The Hall–Kier alpha value is -1.35. The van der Waals surface area contributed by atoms with E-state index in [1.54, 1.807) is 17.8 Å². The van der Waals surface area contributed by atoms with Gasteiger partial charge in [0.1, 0.15) is 12.9 Å². The third-order valence-electron chi connectivity index (χ3n) is 2.72. The fourth-order valence-corrected chi connectivity index (χ4v) is 3.58. The average molecular weight is 352 g/mol. The van der Waals surface area contributed by atoms with Crippen molar-refractivity contribution in [2.24, 2.45) is 5.16 Å². The van der Waals surface area contributed by atoms with Crippen LogP contribution < -0.4 is 9.54 Å². The summed E-state index contributed by atoms with van der Waals surface area (Å²) in [5.74, 6) is 1.66. The average Bonchev–Trinajstić information content (AvgIpc) is 2.75. The number of hydrogen-bond donors (Lipinski definition) is 0. The van der Waals surface area contributed by atoms with Crippen LogP contribution in [0.15, 0.2) is 23.4 Å². The van der Waals surface area contributed by atoms with Gasteiger partial charge in [-0.05, 0) is 24.0 Å². The van der Waals surface area contributed by atoms with E-state index < -0.39 is 6.36 Å². The van der Waals surface area contributed by atoms with Crippen molar-refractivity contribution < 1.29 is 22.7 Å². The van der Waals surface area contributed by atoms with Crippen LogP contribution in [0.2, 0.25) is 0 Å². The van der Waals surface area contributed by atoms with Gasteiger partial charge in [0.2, 0.25) is 4.80 Å². The Balaban J connectivity index is 2.40. The maximum absolute atomic E-state index is 12.3. The molecule has 0 N–H and O–H groups in total. The number of aromatic nitrogens is 1. The van der Waals surface area contributed by atoms with Crippen LogP contribution in [0.1, 0.15) is 6.92 Å². The Labute approximate surface area is 133 Å². The van der Waals surface area contributed by atoms with Gasteiger partial charge in [0.25, 0.3) is 0 Å². The lowest BCUT2D eigenvalue weighted by molar-refractivity contribution is -0.274. The molecule has 0 saturated carbocycles. The highest BCUT2D eigenvalue weighted by Crippen LogP contribution is 2.28. The van der Waals surface area contributed by atoms with Gasteiger partial charge in [-0.2, -0.15) is 11.8 Å². The molecule has 0 aliphatic heterocycles. The van der Waals surface area contributed by atoms with Crippen molar-refractivity contribution in [2.75, 3.05) is 18.6 Å². The molecular formula is C13H15F3N2O2S2. The first-order chi connectivity index (χ1) is 10.4. The van der Waals surface area contributed by atoms with Crippen molar-refractivity contribution in [3.63, 3.8) is 0 Å². The molecule has 4 nitrogen and oxygen atoms in total. The zero-order valence-electron chi connectivity index (χ0n) is 12.0. The molecule has 0 fully saturated rings. The maximum Gasteiger partial charge on any atom is 0.573 e. The standard InChI is InChI=1S/C13H15F3N2O2S2/c1-3-21-7-6-18-10-5-4-9(20-13(14,15)16)8-11(10)22-12(18)17-19-2/h4-5,8H,3,6-7H2,1-2H3/b17-12+. The highest BCUT2D eigenvalue weighted by Gasteiger charge is 2.31. The largest absolute Gasteiger partial charge is 0.573 e. The van der Waals surface area contributed by atoms with Crippen LogP contribution in [-0.4, -0.2) is 29.5 Å². The van der Waals surface area contributed by atoms with Gasteiger partial charge in [0.05, 0.1) is 10.2 Å². The fourth-order valence-electron chi connectivity index (χ4n) is 1.92. The fraction of sp³-hybridized carbons (Fsp3) is 0.462. The molecule has 122 valence electrons. The Bertz CT molecular complexity index is 695. The summed E-state index contributed by atoms with van der Waals surface area (Å²) < 4.78 is 43.4. The second-order valence-electron chi connectivity index (χ2n) is 4.18. The normalized spacial score (nSPS) is 12.9. The van der Waals surface area contributed by atoms with Crippen molar-refractivity contribution in [1.29, 1.82) is 0 Å². The van der Waals surface area contributed by atoms with Gasteiger partial charge in [-0.3, -0.25) is 0 Å². The summed E-state index contributed by atoms with van der Waals surface area (Å²) >= 11 is 3.04. The van der Waals surface area contributed by atoms with Crippen LogP contribution in [0.25, 0.3) is 10.2 Å². The van der Waals surface area contributed by atoms with Gasteiger partial charge in [-0.25, -0.2) is 0 Å². The Morgan fingerprint density at radius 1 is 1.36 bits per heavy atom. The van der Waals surface area contributed by atoms with E-state index in [4.69, 9.17) is 4.84 Å². The Morgan fingerprint density at radius 3 is 2.77 bits per heavy atom. The number of fused-ring (bicyclic) bond motifs is 1. The topological polar surface area (TPSA) is 35.8 Å². The summed E-state index contributed by atoms with van der Waals surface area (Å²) in [5.41, 5.74) is 0.812. The SMILES string of the molecule is CCSCCn1/c(=N\OC)sc2cc(OC(F)(F)F)ccc21. The summed E-state index contributed by atoms with van der Waals surface area (Å²) in [6.07, 6.45) is -4.70. The first-order valence-corrected chi connectivity index (χ1v) is 8.46. The predicted octanol–water partition coefficient (Wildman–Crippen LogP) is 3.82. The molecule has 0 bridgehead atoms. The molecule has 0 radical (unpaired) electrons. The number of nitrogens with zero attached hydrogens (tertiary/aromatic N) is 2. The van der Waals surface area contributed by atoms with E-state index in [1.165, 1.54) is 30.6 Å². The number of alkyl halides is 3. The van der Waals surface area contributed by atoms with Gasteiger partial charge < -0.3 is 14.1 Å². The number of halogens is 3. The molecule has 9 heteroatoms. The lowest BCUT2D eigenvalue weighted by atomic mass is 10.3. The van der Waals surface area contributed by atoms with Gasteiger partial charge in [0.15, 0.2) is 0 Å². The second-order valence-corrected chi connectivity index (χ2v) is 6.59. The van der Waals surface area contributed by atoms with Crippen LogP contribution >= 0.6 is 23.1 Å². The third kappa shape index (κ3) is 4.33. The monoisotopic (exact) mass is 352 g/mol. The second kappa shape index (κ2) is 7.28. The number of thioether (sulfide) groups is 1. The van der Waals surface area contributed by atoms with E-state index in [1.807, 2.05) is 4.57 Å². The van der Waals surface area contributed by atoms with E-state index in [0.29, 0.717) is 16.0 Å². The van der Waals surface area contributed by atoms with Crippen LogP contribution in [0.5, 0.6) is 5.75 Å². The van der Waals surface area contributed by atoms with Crippen LogP contribution in [0.3, 0.4) is 0 Å². The third-order valence-corrected chi connectivity index (χ3v) is 4.62. The molecule has 0 saturated heterocycles. The van der Waals surface area contributed by atoms with E-state index >= 15 is 0 Å². The minimum Gasteiger partial charge on any atom is -0.406 e. The molecule has 0 spiro atoms. The highest BCUT2D eigenvalue weighted by atomic mass is 32.2. The summed E-state index contributed by atoms with van der Waals surface area (Å²) in [5, 5.41) is 3.94. The summed E-state index contributed by atoms with van der Waals surface area (Å²) in [7, 11) is 1.44. The van der Waals surface area contributed by atoms with Crippen molar-refractivity contribution in [2.45, 2.75) is 19.8 Å². The van der Waals surface area contributed by atoms with Crippen LogP contribution in [0.4, 0.5) is 13.2 Å². The lowest BCUT2D eigenvalue weighted by Gasteiger charge is -2.09. The number of thiazole rings is 1. The minimum absolute atomic E-state index is 0.236. The van der Waals surface area contributed by atoms with E-state index in [9.17, 15) is 13.2 Å². The predicted molar refractivity (Wildman–Crippen MR) is 82.1 cm³/mol. The lowest BCUT2D eigenvalue weighted by Crippen LogP contribution is -2.17.